The van der Waals surface area contributed by atoms with Crippen molar-refractivity contribution in [1.82, 2.24) is 25.3 Å². The van der Waals surface area contributed by atoms with Crippen molar-refractivity contribution in [2.75, 3.05) is 6.54 Å². The lowest BCUT2D eigenvalue weighted by Crippen LogP contribution is -2.26. The van der Waals surface area contributed by atoms with Crippen LogP contribution in [0.25, 0.3) is 0 Å². The molecule has 2 rings (SSSR count). The van der Waals surface area contributed by atoms with Gasteiger partial charge in [0.25, 0.3) is 0 Å². The van der Waals surface area contributed by atoms with E-state index in [1.54, 1.807) is 0 Å². The summed E-state index contributed by atoms with van der Waals surface area (Å²) < 4.78 is 1.99. The zero-order valence-corrected chi connectivity index (χ0v) is 12.5. The Labute approximate surface area is 120 Å². The monoisotopic (exact) mass is 273 g/mol. The molecule has 0 saturated carbocycles. The number of nitrogens with zero attached hydrogens (tertiary/aromatic N) is 4. The standard InChI is InChI=1S/C15H23N5/c1-4-9-20-14(11-18-19-20)15(17-6-3)13-7-8-16-10-12(13)5-2/h7-8,10-11,15,17H,4-6,9H2,1-3H3. The summed E-state index contributed by atoms with van der Waals surface area (Å²) in [6, 6.07) is 2.22. The van der Waals surface area contributed by atoms with E-state index >= 15 is 0 Å². The number of rotatable bonds is 7. The van der Waals surface area contributed by atoms with Crippen LogP contribution in [0, 0.1) is 0 Å². The molecule has 2 aromatic rings. The van der Waals surface area contributed by atoms with Gasteiger partial charge in [0.05, 0.1) is 17.9 Å². The molecule has 0 bridgehead atoms. The van der Waals surface area contributed by atoms with Gasteiger partial charge in [0.2, 0.25) is 0 Å². The first-order valence-corrected chi connectivity index (χ1v) is 7.36. The molecule has 0 aliphatic rings. The molecule has 108 valence electrons. The first-order chi connectivity index (χ1) is 9.81. The molecule has 1 N–H and O–H groups in total. The maximum absolute atomic E-state index is 4.23. The molecule has 0 spiro atoms. The third-order valence-electron chi connectivity index (χ3n) is 3.42. The van der Waals surface area contributed by atoms with E-state index < -0.39 is 0 Å². The van der Waals surface area contributed by atoms with Gasteiger partial charge in [-0.1, -0.05) is 26.0 Å². The van der Waals surface area contributed by atoms with E-state index in [9.17, 15) is 0 Å². The number of nitrogens with one attached hydrogen (secondary N) is 1. The molecule has 0 aliphatic carbocycles. The Morgan fingerprint density at radius 3 is 2.80 bits per heavy atom. The fourth-order valence-electron chi connectivity index (χ4n) is 2.47. The van der Waals surface area contributed by atoms with E-state index in [2.05, 4.69) is 47.5 Å². The van der Waals surface area contributed by atoms with Gasteiger partial charge in [0.15, 0.2) is 0 Å². The normalized spacial score (nSPS) is 12.6. The average molecular weight is 273 g/mol. The largest absolute Gasteiger partial charge is 0.305 e. The molecule has 5 nitrogen and oxygen atoms in total. The molecule has 0 fully saturated rings. The summed E-state index contributed by atoms with van der Waals surface area (Å²) in [6.07, 6.45) is 7.69. The summed E-state index contributed by atoms with van der Waals surface area (Å²) in [4.78, 5) is 4.23. The minimum atomic E-state index is 0.125. The van der Waals surface area contributed by atoms with Crippen molar-refractivity contribution in [3.8, 4) is 0 Å². The smallest absolute Gasteiger partial charge is 0.0802 e. The van der Waals surface area contributed by atoms with Crippen LogP contribution < -0.4 is 5.32 Å². The second kappa shape index (κ2) is 7.14. The number of pyridine rings is 1. The Balaban J connectivity index is 2.42. The summed E-state index contributed by atoms with van der Waals surface area (Å²) in [5.41, 5.74) is 3.65. The molecule has 1 unspecified atom stereocenters. The highest BCUT2D eigenvalue weighted by molar-refractivity contribution is 5.32. The summed E-state index contributed by atoms with van der Waals surface area (Å²) in [6.45, 7) is 8.22. The van der Waals surface area contributed by atoms with Gasteiger partial charge < -0.3 is 5.32 Å². The molecule has 2 heterocycles. The molecule has 1 atom stereocenters. The highest BCUT2D eigenvalue weighted by Crippen LogP contribution is 2.24. The van der Waals surface area contributed by atoms with Crippen LogP contribution in [-0.2, 0) is 13.0 Å². The minimum Gasteiger partial charge on any atom is -0.305 e. The van der Waals surface area contributed by atoms with Crippen molar-refractivity contribution in [1.29, 1.82) is 0 Å². The molecule has 0 amide bonds. The Bertz CT molecular complexity index is 535. The van der Waals surface area contributed by atoms with Gasteiger partial charge >= 0.3 is 0 Å². The summed E-state index contributed by atoms with van der Waals surface area (Å²) in [5, 5.41) is 11.8. The first-order valence-electron chi connectivity index (χ1n) is 7.36. The SMILES string of the molecule is CCCn1nncc1C(NCC)c1ccncc1CC. The van der Waals surface area contributed by atoms with E-state index in [1.165, 1.54) is 11.1 Å². The van der Waals surface area contributed by atoms with Gasteiger partial charge in [0.1, 0.15) is 0 Å². The lowest BCUT2D eigenvalue weighted by molar-refractivity contribution is 0.510. The molecule has 20 heavy (non-hydrogen) atoms. The van der Waals surface area contributed by atoms with E-state index in [0.717, 1.165) is 31.6 Å². The second-order valence-electron chi connectivity index (χ2n) is 4.80. The van der Waals surface area contributed by atoms with Crippen molar-refractivity contribution in [3.63, 3.8) is 0 Å². The quantitative estimate of drug-likeness (QED) is 0.841. The van der Waals surface area contributed by atoms with Crippen molar-refractivity contribution >= 4 is 0 Å². The van der Waals surface area contributed by atoms with Gasteiger partial charge in [0, 0.05) is 18.9 Å². The summed E-state index contributed by atoms with van der Waals surface area (Å²) >= 11 is 0. The van der Waals surface area contributed by atoms with Crippen molar-refractivity contribution in [2.45, 2.75) is 46.2 Å². The fourth-order valence-corrected chi connectivity index (χ4v) is 2.47. The van der Waals surface area contributed by atoms with Gasteiger partial charge in [-0.05, 0) is 36.6 Å². The van der Waals surface area contributed by atoms with Crippen LogP contribution in [-0.4, -0.2) is 26.5 Å². The van der Waals surface area contributed by atoms with Gasteiger partial charge in [-0.15, -0.1) is 5.10 Å². The van der Waals surface area contributed by atoms with E-state index in [1.807, 2.05) is 23.3 Å². The van der Waals surface area contributed by atoms with Gasteiger partial charge in [-0.25, -0.2) is 4.68 Å². The molecule has 5 heteroatoms. The molecule has 0 aromatic carbocycles. The van der Waals surface area contributed by atoms with Crippen molar-refractivity contribution in [3.05, 3.63) is 41.5 Å². The van der Waals surface area contributed by atoms with Crippen LogP contribution in [0.1, 0.15) is 50.1 Å². The van der Waals surface area contributed by atoms with Gasteiger partial charge in [-0.3, -0.25) is 4.98 Å². The predicted molar refractivity (Wildman–Crippen MR) is 79.4 cm³/mol. The minimum absolute atomic E-state index is 0.125. The molecule has 0 saturated heterocycles. The topological polar surface area (TPSA) is 55.6 Å². The van der Waals surface area contributed by atoms with Crippen LogP contribution in [0.4, 0.5) is 0 Å². The Hall–Kier alpha value is -1.75. The second-order valence-corrected chi connectivity index (χ2v) is 4.80. The first kappa shape index (κ1) is 14.7. The highest BCUT2D eigenvalue weighted by Gasteiger charge is 2.20. The lowest BCUT2D eigenvalue weighted by atomic mass is 9.98. The number of aryl methyl sites for hydroxylation is 2. The summed E-state index contributed by atoms with van der Waals surface area (Å²) in [5.74, 6) is 0. The van der Waals surface area contributed by atoms with Crippen LogP contribution in [0.5, 0.6) is 0 Å². The number of aromatic nitrogens is 4. The molecule has 2 aromatic heterocycles. The molecule has 0 aliphatic heterocycles. The average Bonchev–Trinajstić information content (AvgIpc) is 2.93. The Kier molecular flexibility index (Phi) is 5.24. The van der Waals surface area contributed by atoms with Crippen LogP contribution in [0.2, 0.25) is 0 Å². The van der Waals surface area contributed by atoms with E-state index in [0.29, 0.717) is 0 Å². The molecular weight excluding hydrogens is 250 g/mol. The van der Waals surface area contributed by atoms with E-state index in [-0.39, 0.29) is 6.04 Å². The Morgan fingerprint density at radius 1 is 1.25 bits per heavy atom. The third-order valence-corrected chi connectivity index (χ3v) is 3.42. The predicted octanol–water partition coefficient (Wildman–Crippen LogP) is 2.34. The van der Waals surface area contributed by atoms with Gasteiger partial charge in [-0.2, -0.15) is 0 Å². The maximum atomic E-state index is 4.23. The summed E-state index contributed by atoms with van der Waals surface area (Å²) in [7, 11) is 0. The van der Waals surface area contributed by atoms with Crippen molar-refractivity contribution in [2.24, 2.45) is 0 Å². The van der Waals surface area contributed by atoms with E-state index in [4.69, 9.17) is 0 Å². The fraction of sp³-hybridized carbons (Fsp3) is 0.533. The highest BCUT2D eigenvalue weighted by atomic mass is 15.4. The lowest BCUT2D eigenvalue weighted by Gasteiger charge is -2.21. The molecule has 0 radical (unpaired) electrons. The number of hydrogen-bond acceptors (Lipinski definition) is 4. The van der Waals surface area contributed by atoms with Crippen LogP contribution in [0.3, 0.4) is 0 Å². The van der Waals surface area contributed by atoms with Crippen LogP contribution >= 0.6 is 0 Å². The Morgan fingerprint density at radius 2 is 2.10 bits per heavy atom. The third kappa shape index (κ3) is 3.04. The zero-order chi connectivity index (χ0) is 14.4. The molecular formula is C15H23N5. The maximum Gasteiger partial charge on any atom is 0.0802 e. The van der Waals surface area contributed by atoms with Crippen molar-refractivity contribution < 1.29 is 0 Å². The van der Waals surface area contributed by atoms with Crippen LogP contribution in [0.15, 0.2) is 24.7 Å². The number of hydrogen-bond donors (Lipinski definition) is 1. The zero-order valence-electron chi connectivity index (χ0n) is 12.5.